The standard InChI is InChI=1S/C14H19NO/c1-10-6-8-11(9-7-10)14-15-12-4-2-3-5-13(12)16-14/h6-9,12-15H,2-5H2,1H3/t12-,13+,14+/m0/s1. The molecule has 2 aliphatic rings. The minimum Gasteiger partial charge on any atom is -0.354 e. The van der Waals surface area contributed by atoms with E-state index in [1.54, 1.807) is 0 Å². The average molecular weight is 217 g/mol. The van der Waals surface area contributed by atoms with Crippen LogP contribution in [0.25, 0.3) is 0 Å². The summed E-state index contributed by atoms with van der Waals surface area (Å²) in [6, 6.07) is 9.24. The normalized spacial score (nSPS) is 33.7. The number of fused-ring (bicyclic) bond motifs is 1. The summed E-state index contributed by atoms with van der Waals surface area (Å²) < 4.78 is 6.08. The van der Waals surface area contributed by atoms with Crippen molar-refractivity contribution in [1.82, 2.24) is 5.32 Å². The summed E-state index contributed by atoms with van der Waals surface area (Å²) in [7, 11) is 0. The molecular formula is C14H19NO. The summed E-state index contributed by atoms with van der Waals surface area (Å²) in [5.74, 6) is 0. The number of hydrogen-bond donors (Lipinski definition) is 1. The van der Waals surface area contributed by atoms with Gasteiger partial charge in [-0.3, -0.25) is 5.32 Å². The molecule has 86 valence electrons. The molecule has 3 atom stereocenters. The van der Waals surface area contributed by atoms with E-state index in [4.69, 9.17) is 4.74 Å². The van der Waals surface area contributed by atoms with Gasteiger partial charge >= 0.3 is 0 Å². The lowest BCUT2D eigenvalue weighted by Crippen LogP contribution is -2.33. The first-order valence-corrected chi connectivity index (χ1v) is 6.31. The van der Waals surface area contributed by atoms with Gasteiger partial charge in [-0.25, -0.2) is 0 Å². The molecule has 0 bridgehead atoms. The molecular weight excluding hydrogens is 198 g/mol. The molecule has 2 nitrogen and oxygen atoms in total. The van der Waals surface area contributed by atoms with Crippen molar-refractivity contribution in [2.24, 2.45) is 0 Å². The molecule has 0 amide bonds. The fourth-order valence-corrected chi connectivity index (χ4v) is 2.77. The number of rotatable bonds is 1. The zero-order valence-electron chi connectivity index (χ0n) is 9.78. The molecule has 2 fully saturated rings. The van der Waals surface area contributed by atoms with Crippen LogP contribution in [0.5, 0.6) is 0 Å². The number of ether oxygens (including phenoxy) is 1. The molecule has 16 heavy (non-hydrogen) atoms. The van der Waals surface area contributed by atoms with Crippen LogP contribution in [-0.4, -0.2) is 12.1 Å². The van der Waals surface area contributed by atoms with Crippen molar-refractivity contribution < 1.29 is 4.74 Å². The van der Waals surface area contributed by atoms with Crippen LogP contribution in [-0.2, 0) is 4.74 Å². The van der Waals surface area contributed by atoms with Crippen LogP contribution in [0.1, 0.15) is 43.0 Å². The van der Waals surface area contributed by atoms with Crippen molar-refractivity contribution in [1.29, 1.82) is 0 Å². The Kier molecular flexibility index (Phi) is 2.70. The third kappa shape index (κ3) is 1.87. The fourth-order valence-electron chi connectivity index (χ4n) is 2.77. The molecule has 1 aliphatic heterocycles. The molecule has 1 aliphatic carbocycles. The van der Waals surface area contributed by atoms with E-state index in [2.05, 4.69) is 36.5 Å². The summed E-state index contributed by atoms with van der Waals surface area (Å²) in [5, 5.41) is 3.61. The first kappa shape index (κ1) is 10.3. The molecule has 2 heteroatoms. The molecule has 0 radical (unpaired) electrons. The predicted molar refractivity (Wildman–Crippen MR) is 64.2 cm³/mol. The fraction of sp³-hybridized carbons (Fsp3) is 0.571. The van der Waals surface area contributed by atoms with Crippen molar-refractivity contribution >= 4 is 0 Å². The minimum absolute atomic E-state index is 0.119. The molecule has 1 aromatic carbocycles. The second kappa shape index (κ2) is 4.19. The Balaban J connectivity index is 1.75. The van der Waals surface area contributed by atoms with Crippen LogP contribution >= 0.6 is 0 Å². The van der Waals surface area contributed by atoms with Crippen molar-refractivity contribution in [3.8, 4) is 0 Å². The van der Waals surface area contributed by atoms with E-state index in [0.717, 1.165) is 0 Å². The molecule has 1 saturated heterocycles. The van der Waals surface area contributed by atoms with E-state index >= 15 is 0 Å². The number of nitrogens with one attached hydrogen (secondary N) is 1. The van der Waals surface area contributed by atoms with Gasteiger partial charge in [0, 0.05) is 6.04 Å². The highest BCUT2D eigenvalue weighted by Gasteiger charge is 2.36. The van der Waals surface area contributed by atoms with Crippen LogP contribution in [0.2, 0.25) is 0 Å². The summed E-state index contributed by atoms with van der Waals surface area (Å²) in [5.41, 5.74) is 2.57. The lowest BCUT2D eigenvalue weighted by Gasteiger charge is -2.22. The molecule has 1 N–H and O–H groups in total. The summed E-state index contributed by atoms with van der Waals surface area (Å²) >= 11 is 0. The Morgan fingerprint density at radius 1 is 1.12 bits per heavy atom. The van der Waals surface area contributed by atoms with Crippen molar-refractivity contribution in [2.45, 2.75) is 51.0 Å². The van der Waals surface area contributed by atoms with Gasteiger partial charge in [0.15, 0.2) is 0 Å². The Bertz CT molecular complexity index is 346. The Hall–Kier alpha value is -0.860. The molecule has 0 unspecified atom stereocenters. The second-order valence-electron chi connectivity index (χ2n) is 5.02. The van der Waals surface area contributed by atoms with Crippen molar-refractivity contribution in [2.75, 3.05) is 0 Å². The third-order valence-corrected chi connectivity index (χ3v) is 3.76. The Morgan fingerprint density at radius 2 is 1.88 bits per heavy atom. The largest absolute Gasteiger partial charge is 0.354 e. The molecule has 1 heterocycles. The van der Waals surface area contributed by atoms with Crippen LogP contribution in [0.3, 0.4) is 0 Å². The van der Waals surface area contributed by atoms with E-state index < -0.39 is 0 Å². The van der Waals surface area contributed by atoms with E-state index in [1.165, 1.54) is 36.8 Å². The summed E-state index contributed by atoms with van der Waals surface area (Å²) in [6.45, 7) is 2.12. The molecule has 0 aromatic heterocycles. The van der Waals surface area contributed by atoms with Crippen molar-refractivity contribution in [3.05, 3.63) is 35.4 Å². The maximum Gasteiger partial charge on any atom is 0.135 e. The van der Waals surface area contributed by atoms with Gasteiger partial charge in [0.1, 0.15) is 6.23 Å². The van der Waals surface area contributed by atoms with Gasteiger partial charge in [-0.15, -0.1) is 0 Å². The summed E-state index contributed by atoms with van der Waals surface area (Å²) in [4.78, 5) is 0. The highest BCUT2D eigenvalue weighted by Crippen LogP contribution is 2.33. The zero-order valence-corrected chi connectivity index (χ0v) is 9.78. The van der Waals surface area contributed by atoms with Crippen LogP contribution in [0, 0.1) is 6.92 Å². The topological polar surface area (TPSA) is 21.3 Å². The lowest BCUT2D eigenvalue weighted by atomic mass is 9.93. The SMILES string of the molecule is Cc1ccc([C@@H]2N[C@H]3CCCC[C@H]3O2)cc1. The first-order chi connectivity index (χ1) is 7.83. The van der Waals surface area contributed by atoms with Gasteiger partial charge in [0.25, 0.3) is 0 Å². The van der Waals surface area contributed by atoms with Gasteiger partial charge in [-0.2, -0.15) is 0 Å². The van der Waals surface area contributed by atoms with Gasteiger partial charge in [0.2, 0.25) is 0 Å². The van der Waals surface area contributed by atoms with Crippen LogP contribution in [0.15, 0.2) is 24.3 Å². The second-order valence-corrected chi connectivity index (χ2v) is 5.02. The lowest BCUT2D eigenvalue weighted by molar-refractivity contribution is 0.0246. The quantitative estimate of drug-likeness (QED) is 0.781. The van der Waals surface area contributed by atoms with Crippen molar-refractivity contribution in [3.63, 3.8) is 0 Å². The molecule has 1 saturated carbocycles. The number of aryl methyl sites for hydroxylation is 1. The van der Waals surface area contributed by atoms with Crippen LogP contribution < -0.4 is 5.32 Å². The number of benzene rings is 1. The monoisotopic (exact) mass is 217 g/mol. The first-order valence-electron chi connectivity index (χ1n) is 6.31. The smallest absolute Gasteiger partial charge is 0.135 e. The highest BCUT2D eigenvalue weighted by atomic mass is 16.5. The van der Waals surface area contributed by atoms with E-state index in [1.807, 2.05) is 0 Å². The molecule has 0 spiro atoms. The maximum absolute atomic E-state index is 6.08. The Labute approximate surface area is 97.0 Å². The number of hydrogen-bond acceptors (Lipinski definition) is 2. The molecule has 1 aromatic rings. The van der Waals surface area contributed by atoms with E-state index in [0.29, 0.717) is 12.1 Å². The van der Waals surface area contributed by atoms with Gasteiger partial charge < -0.3 is 4.74 Å². The van der Waals surface area contributed by atoms with Gasteiger partial charge in [-0.05, 0) is 25.3 Å². The highest BCUT2D eigenvalue weighted by molar-refractivity contribution is 5.23. The van der Waals surface area contributed by atoms with Crippen LogP contribution in [0.4, 0.5) is 0 Å². The van der Waals surface area contributed by atoms with Gasteiger partial charge in [0.05, 0.1) is 6.10 Å². The maximum atomic E-state index is 6.08. The molecule has 3 rings (SSSR count). The summed E-state index contributed by atoms with van der Waals surface area (Å²) in [6.07, 6.45) is 5.73. The average Bonchev–Trinajstić information content (AvgIpc) is 2.73. The van der Waals surface area contributed by atoms with E-state index in [9.17, 15) is 0 Å². The van der Waals surface area contributed by atoms with Gasteiger partial charge in [-0.1, -0.05) is 42.7 Å². The Morgan fingerprint density at radius 3 is 2.62 bits per heavy atom. The third-order valence-electron chi connectivity index (χ3n) is 3.76. The van der Waals surface area contributed by atoms with E-state index in [-0.39, 0.29) is 6.23 Å². The zero-order chi connectivity index (χ0) is 11.0. The minimum atomic E-state index is 0.119. The predicted octanol–water partition coefficient (Wildman–Crippen LogP) is 2.92.